The van der Waals surface area contributed by atoms with Gasteiger partial charge in [0.05, 0.1) is 5.69 Å². The van der Waals surface area contributed by atoms with Gasteiger partial charge >= 0.3 is 6.36 Å². The van der Waals surface area contributed by atoms with E-state index in [0.29, 0.717) is 6.61 Å². The zero-order valence-corrected chi connectivity index (χ0v) is 15.1. The van der Waals surface area contributed by atoms with Crippen molar-refractivity contribution in [1.82, 2.24) is 9.78 Å². The molecule has 0 saturated carbocycles. The van der Waals surface area contributed by atoms with Gasteiger partial charge in [0, 0.05) is 28.2 Å². The fourth-order valence-electron chi connectivity index (χ4n) is 3.06. The second kappa shape index (κ2) is 6.05. The summed E-state index contributed by atoms with van der Waals surface area (Å²) in [4.78, 5) is 0. The first-order valence-electron chi connectivity index (χ1n) is 7.66. The zero-order valence-electron chi connectivity index (χ0n) is 13.5. The first kappa shape index (κ1) is 17.0. The number of halogens is 4. The molecule has 0 aliphatic carbocycles. The van der Waals surface area contributed by atoms with Crippen molar-refractivity contribution in [3.05, 3.63) is 52.5 Å². The lowest BCUT2D eigenvalue weighted by atomic mass is 10.00. The molecular weight excluding hydrogens is 413 g/mol. The lowest BCUT2D eigenvalue weighted by molar-refractivity contribution is -0.274. The first-order valence-corrected chi connectivity index (χ1v) is 8.46. The number of fused-ring (bicyclic) bond motifs is 3. The highest BCUT2D eigenvalue weighted by Crippen LogP contribution is 2.42. The van der Waals surface area contributed by atoms with E-state index in [4.69, 9.17) is 4.74 Å². The summed E-state index contributed by atoms with van der Waals surface area (Å²) >= 11 is 3.42. The number of hydrogen-bond donors (Lipinski definition) is 0. The maximum atomic E-state index is 12.3. The van der Waals surface area contributed by atoms with Crippen molar-refractivity contribution in [2.45, 2.75) is 13.0 Å². The molecule has 134 valence electrons. The molecule has 2 heterocycles. The van der Waals surface area contributed by atoms with Gasteiger partial charge < -0.3 is 9.47 Å². The highest BCUT2D eigenvalue weighted by Gasteiger charge is 2.31. The predicted octanol–water partition coefficient (Wildman–Crippen LogP) is 5.31. The molecule has 0 unspecified atom stereocenters. The minimum Gasteiger partial charge on any atom is -0.488 e. The lowest BCUT2D eigenvalue weighted by Gasteiger charge is -2.18. The zero-order chi connectivity index (χ0) is 18.5. The van der Waals surface area contributed by atoms with Gasteiger partial charge in [0.25, 0.3) is 0 Å². The number of benzene rings is 2. The average molecular weight is 425 g/mol. The second-order valence-corrected chi connectivity index (χ2v) is 6.72. The molecule has 4 nitrogen and oxygen atoms in total. The van der Waals surface area contributed by atoms with E-state index in [1.807, 2.05) is 18.2 Å². The predicted molar refractivity (Wildman–Crippen MR) is 92.8 cm³/mol. The van der Waals surface area contributed by atoms with E-state index >= 15 is 0 Å². The molecule has 0 N–H and O–H groups in total. The van der Waals surface area contributed by atoms with Gasteiger partial charge in [-0.25, -0.2) is 0 Å². The highest BCUT2D eigenvalue weighted by atomic mass is 79.9. The van der Waals surface area contributed by atoms with Crippen LogP contribution < -0.4 is 9.47 Å². The van der Waals surface area contributed by atoms with E-state index in [2.05, 4.69) is 25.8 Å². The van der Waals surface area contributed by atoms with E-state index < -0.39 is 6.36 Å². The summed E-state index contributed by atoms with van der Waals surface area (Å²) in [5, 5.41) is 4.59. The molecule has 0 bridgehead atoms. The Kier molecular flexibility index (Phi) is 3.95. The number of alkyl halides is 3. The fraction of sp³-hybridized carbons (Fsp3) is 0.167. The number of ether oxygens (including phenoxy) is 2. The SMILES string of the molecule is Cn1nc2c(c1-c1ccc(OC(F)(F)F)cc1)COc1cc(Br)ccc1-2. The minimum atomic E-state index is -4.71. The van der Waals surface area contributed by atoms with Crippen LogP contribution in [0.3, 0.4) is 0 Å². The monoisotopic (exact) mass is 424 g/mol. The van der Waals surface area contributed by atoms with Crippen LogP contribution in [0, 0.1) is 0 Å². The van der Waals surface area contributed by atoms with Crippen LogP contribution in [-0.2, 0) is 13.7 Å². The largest absolute Gasteiger partial charge is 0.573 e. The molecule has 4 rings (SSSR count). The van der Waals surface area contributed by atoms with Crippen LogP contribution in [0.5, 0.6) is 11.5 Å². The Morgan fingerprint density at radius 3 is 2.58 bits per heavy atom. The van der Waals surface area contributed by atoms with Crippen LogP contribution in [-0.4, -0.2) is 16.1 Å². The molecular formula is C18H12BrF3N2O2. The van der Waals surface area contributed by atoms with Crippen LogP contribution in [0.25, 0.3) is 22.5 Å². The van der Waals surface area contributed by atoms with Gasteiger partial charge in [-0.1, -0.05) is 15.9 Å². The standard InChI is InChI=1S/C18H12BrF3N2O2/c1-24-17(10-2-5-12(6-3-10)26-18(20,21)22)14-9-25-15-8-11(19)4-7-13(15)16(14)23-24/h2-8H,9H2,1H3. The molecule has 2 aromatic carbocycles. The van der Waals surface area contributed by atoms with Crippen molar-refractivity contribution >= 4 is 15.9 Å². The molecule has 0 radical (unpaired) electrons. The van der Waals surface area contributed by atoms with Crippen molar-refractivity contribution in [2.75, 3.05) is 0 Å². The van der Waals surface area contributed by atoms with Crippen molar-refractivity contribution < 1.29 is 22.6 Å². The van der Waals surface area contributed by atoms with Crippen LogP contribution in [0.4, 0.5) is 13.2 Å². The van der Waals surface area contributed by atoms with E-state index in [-0.39, 0.29) is 5.75 Å². The molecule has 1 aliphatic rings. The number of hydrogen-bond acceptors (Lipinski definition) is 3. The third kappa shape index (κ3) is 3.05. The maximum absolute atomic E-state index is 12.3. The van der Waals surface area contributed by atoms with Gasteiger partial charge in [0.2, 0.25) is 0 Å². The Morgan fingerprint density at radius 1 is 1.15 bits per heavy atom. The normalized spacial score (nSPS) is 13.0. The molecule has 0 fully saturated rings. The Labute approximate surface area is 155 Å². The Balaban J connectivity index is 1.75. The summed E-state index contributed by atoms with van der Waals surface area (Å²) in [6.07, 6.45) is -4.71. The second-order valence-electron chi connectivity index (χ2n) is 5.80. The minimum absolute atomic E-state index is 0.260. The Hall–Kier alpha value is -2.48. The maximum Gasteiger partial charge on any atom is 0.573 e. The topological polar surface area (TPSA) is 36.3 Å². The summed E-state index contributed by atoms with van der Waals surface area (Å²) in [6, 6.07) is 11.5. The third-order valence-electron chi connectivity index (χ3n) is 4.08. The lowest BCUT2D eigenvalue weighted by Crippen LogP contribution is -2.17. The van der Waals surface area contributed by atoms with E-state index in [0.717, 1.165) is 38.3 Å². The van der Waals surface area contributed by atoms with Gasteiger partial charge in [0.15, 0.2) is 0 Å². The molecule has 0 amide bonds. The van der Waals surface area contributed by atoms with Crippen molar-refractivity contribution in [3.63, 3.8) is 0 Å². The number of rotatable bonds is 2. The number of nitrogens with zero attached hydrogens (tertiary/aromatic N) is 2. The Bertz CT molecular complexity index is 981. The Morgan fingerprint density at radius 2 is 1.88 bits per heavy atom. The summed E-state index contributed by atoms with van der Waals surface area (Å²) in [5.74, 6) is 0.481. The quantitative estimate of drug-likeness (QED) is 0.559. The molecule has 26 heavy (non-hydrogen) atoms. The van der Waals surface area contributed by atoms with Gasteiger partial charge in [-0.3, -0.25) is 4.68 Å². The van der Waals surface area contributed by atoms with E-state index in [9.17, 15) is 13.2 Å². The first-order chi connectivity index (χ1) is 12.3. The van der Waals surface area contributed by atoms with Crippen molar-refractivity contribution in [3.8, 4) is 34.0 Å². The average Bonchev–Trinajstić information content (AvgIpc) is 2.90. The van der Waals surface area contributed by atoms with E-state index in [1.54, 1.807) is 23.9 Å². The number of aromatic nitrogens is 2. The summed E-state index contributed by atoms with van der Waals surface area (Å²) in [5.41, 5.74) is 4.12. The molecule has 1 aliphatic heterocycles. The van der Waals surface area contributed by atoms with Gasteiger partial charge in [-0.15, -0.1) is 13.2 Å². The van der Waals surface area contributed by atoms with Crippen LogP contribution in [0.2, 0.25) is 0 Å². The summed E-state index contributed by atoms with van der Waals surface area (Å²) in [6.45, 7) is 0.336. The van der Waals surface area contributed by atoms with Crippen LogP contribution in [0.1, 0.15) is 5.56 Å². The van der Waals surface area contributed by atoms with Crippen molar-refractivity contribution in [2.24, 2.45) is 7.05 Å². The molecule has 3 aromatic rings. The fourth-order valence-corrected chi connectivity index (χ4v) is 3.40. The van der Waals surface area contributed by atoms with Gasteiger partial charge in [-0.2, -0.15) is 5.10 Å². The third-order valence-corrected chi connectivity index (χ3v) is 4.57. The van der Waals surface area contributed by atoms with Crippen molar-refractivity contribution in [1.29, 1.82) is 0 Å². The highest BCUT2D eigenvalue weighted by molar-refractivity contribution is 9.10. The molecule has 0 saturated heterocycles. The molecule has 0 atom stereocenters. The smallest absolute Gasteiger partial charge is 0.488 e. The van der Waals surface area contributed by atoms with E-state index in [1.165, 1.54) is 12.1 Å². The number of aryl methyl sites for hydroxylation is 1. The molecule has 1 aromatic heterocycles. The van der Waals surface area contributed by atoms with Gasteiger partial charge in [0.1, 0.15) is 23.8 Å². The van der Waals surface area contributed by atoms with Crippen LogP contribution in [0.15, 0.2) is 46.9 Å². The van der Waals surface area contributed by atoms with Gasteiger partial charge in [-0.05, 0) is 42.5 Å². The molecule has 8 heteroatoms. The van der Waals surface area contributed by atoms with Crippen LogP contribution >= 0.6 is 15.9 Å². The summed E-state index contributed by atoms with van der Waals surface area (Å²) in [7, 11) is 1.80. The molecule has 0 spiro atoms. The summed E-state index contributed by atoms with van der Waals surface area (Å²) < 4.78 is 49.3.